The summed E-state index contributed by atoms with van der Waals surface area (Å²) in [4.78, 5) is 15.6. The first-order valence-corrected chi connectivity index (χ1v) is 9.01. The van der Waals surface area contributed by atoms with E-state index in [1.165, 1.54) is 11.3 Å². The first kappa shape index (κ1) is 17.0. The number of carboxylic acids is 1. The highest BCUT2D eigenvalue weighted by Crippen LogP contribution is 2.26. The molecule has 0 aliphatic rings. The lowest BCUT2D eigenvalue weighted by molar-refractivity contribution is 0.0697. The number of fused-ring (bicyclic) bond motifs is 1. The van der Waals surface area contributed by atoms with Crippen molar-refractivity contribution in [2.45, 2.75) is 6.92 Å². The van der Waals surface area contributed by atoms with Crippen LogP contribution in [0.15, 0.2) is 70.2 Å². The fraction of sp³-hybridized carbons (Fsp3) is 0.0500. The normalized spacial score (nSPS) is 11.7. The number of hydrogen-bond acceptors (Lipinski definition) is 6. The third-order valence-electron chi connectivity index (χ3n) is 3.97. The van der Waals surface area contributed by atoms with E-state index in [0.717, 1.165) is 10.2 Å². The van der Waals surface area contributed by atoms with Crippen LogP contribution in [0.2, 0.25) is 0 Å². The zero-order chi connectivity index (χ0) is 18.8. The molecule has 2 heterocycles. The number of para-hydroxylation sites is 1. The molecule has 2 N–H and O–H groups in total. The van der Waals surface area contributed by atoms with Gasteiger partial charge in [0.05, 0.1) is 15.8 Å². The maximum atomic E-state index is 11.1. The van der Waals surface area contributed by atoms with Gasteiger partial charge < -0.3 is 9.52 Å². The van der Waals surface area contributed by atoms with Crippen LogP contribution in [0.25, 0.3) is 21.5 Å². The van der Waals surface area contributed by atoms with Gasteiger partial charge in [-0.2, -0.15) is 5.10 Å². The van der Waals surface area contributed by atoms with Crippen molar-refractivity contribution < 1.29 is 14.3 Å². The number of nitrogens with one attached hydrogen (secondary N) is 1. The van der Waals surface area contributed by atoms with Crippen molar-refractivity contribution in [1.82, 2.24) is 4.98 Å². The minimum atomic E-state index is -0.971. The fourth-order valence-corrected chi connectivity index (χ4v) is 3.41. The molecule has 0 bridgehead atoms. The molecule has 4 aromatic rings. The van der Waals surface area contributed by atoms with Crippen LogP contribution in [0.5, 0.6) is 0 Å². The summed E-state index contributed by atoms with van der Waals surface area (Å²) in [5.41, 5.74) is 5.47. The second kappa shape index (κ2) is 7.05. The highest BCUT2D eigenvalue weighted by atomic mass is 32.1. The number of hydrogen-bond donors (Lipinski definition) is 2. The molecular formula is C20H15N3O3S. The van der Waals surface area contributed by atoms with Crippen LogP contribution in [-0.4, -0.2) is 21.8 Å². The number of carboxylic acid groups (broad SMARTS) is 1. The summed E-state index contributed by atoms with van der Waals surface area (Å²) in [6, 6.07) is 18.1. The van der Waals surface area contributed by atoms with E-state index in [-0.39, 0.29) is 5.56 Å². The summed E-state index contributed by atoms with van der Waals surface area (Å²) < 4.78 is 6.92. The Balaban J connectivity index is 1.54. The van der Waals surface area contributed by atoms with Gasteiger partial charge in [0.25, 0.3) is 0 Å². The van der Waals surface area contributed by atoms with Crippen LogP contribution in [0, 0.1) is 0 Å². The minimum Gasteiger partial charge on any atom is -0.478 e. The lowest BCUT2D eigenvalue weighted by atomic mass is 10.1. The van der Waals surface area contributed by atoms with Crippen LogP contribution in [0.1, 0.15) is 23.0 Å². The summed E-state index contributed by atoms with van der Waals surface area (Å²) in [5.74, 6) is 0.211. The Morgan fingerprint density at radius 2 is 2.00 bits per heavy atom. The summed E-state index contributed by atoms with van der Waals surface area (Å²) in [6.45, 7) is 1.83. The average molecular weight is 377 g/mol. The van der Waals surface area contributed by atoms with E-state index in [2.05, 4.69) is 15.5 Å². The zero-order valence-electron chi connectivity index (χ0n) is 14.3. The maximum Gasteiger partial charge on any atom is 0.335 e. The number of hydrazone groups is 1. The van der Waals surface area contributed by atoms with Crippen LogP contribution >= 0.6 is 11.3 Å². The molecule has 0 aliphatic heterocycles. The van der Waals surface area contributed by atoms with Gasteiger partial charge in [-0.25, -0.2) is 9.78 Å². The lowest BCUT2D eigenvalue weighted by Gasteiger charge is -2.00. The summed E-state index contributed by atoms with van der Waals surface area (Å²) in [5, 5.41) is 14.2. The molecule has 4 rings (SSSR count). The molecule has 27 heavy (non-hydrogen) atoms. The van der Waals surface area contributed by atoms with Gasteiger partial charge in [-0.3, -0.25) is 5.43 Å². The van der Waals surface area contributed by atoms with Gasteiger partial charge in [0.1, 0.15) is 11.5 Å². The van der Waals surface area contributed by atoms with E-state index in [9.17, 15) is 4.79 Å². The molecule has 0 saturated heterocycles. The number of aromatic carboxylic acids is 1. The van der Waals surface area contributed by atoms with E-state index in [1.54, 1.807) is 30.3 Å². The van der Waals surface area contributed by atoms with E-state index < -0.39 is 5.97 Å². The zero-order valence-corrected chi connectivity index (χ0v) is 15.2. The number of aromatic nitrogens is 1. The second-order valence-corrected chi connectivity index (χ2v) is 6.88. The van der Waals surface area contributed by atoms with Crippen molar-refractivity contribution in [1.29, 1.82) is 0 Å². The third-order valence-corrected chi connectivity index (χ3v) is 4.91. The standard InChI is InChI=1S/C20H15N3O3S/c1-12(22-23-20-21-15-7-2-3-8-18(15)27-20)16-9-10-17(26-16)13-5-4-6-14(11-13)19(24)25/h2-11H,1H3,(H,21,23)(H,24,25)/b22-12+. The van der Waals surface area contributed by atoms with E-state index in [4.69, 9.17) is 9.52 Å². The van der Waals surface area contributed by atoms with E-state index in [1.807, 2.05) is 37.3 Å². The predicted molar refractivity (Wildman–Crippen MR) is 107 cm³/mol. The Hall–Kier alpha value is -3.45. The van der Waals surface area contributed by atoms with Crippen molar-refractivity contribution in [3.8, 4) is 11.3 Å². The Labute approximate surface area is 158 Å². The Morgan fingerprint density at radius 3 is 2.81 bits per heavy atom. The molecule has 2 aromatic carbocycles. The largest absolute Gasteiger partial charge is 0.478 e. The Kier molecular flexibility index (Phi) is 4.43. The van der Waals surface area contributed by atoms with Gasteiger partial charge in [-0.1, -0.05) is 35.6 Å². The Morgan fingerprint density at radius 1 is 1.15 bits per heavy atom. The van der Waals surface area contributed by atoms with Gasteiger partial charge >= 0.3 is 5.97 Å². The van der Waals surface area contributed by atoms with E-state index in [0.29, 0.717) is 27.9 Å². The SMILES string of the molecule is C/C(=N\Nc1nc2ccccc2s1)c1ccc(-c2cccc(C(=O)O)c2)o1. The molecule has 0 spiro atoms. The molecule has 0 saturated carbocycles. The molecule has 0 atom stereocenters. The van der Waals surface area contributed by atoms with Crippen LogP contribution in [0.3, 0.4) is 0 Å². The van der Waals surface area contributed by atoms with Gasteiger partial charge in [0.15, 0.2) is 5.76 Å². The number of benzene rings is 2. The number of rotatable bonds is 5. The quantitative estimate of drug-likeness (QED) is 0.374. The second-order valence-electron chi connectivity index (χ2n) is 5.85. The molecule has 134 valence electrons. The minimum absolute atomic E-state index is 0.216. The first-order chi connectivity index (χ1) is 13.1. The summed E-state index contributed by atoms with van der Waals surface area (Å²) in [7, 11) is 0. The van der Waals surface area contributed by atoms with E-state index >= 15 is 0 Å². The van der Waals surface area contributed by atoms with Gasteiger partial charge in [0, 0.05) is 5.56 Å². The number of thiazole rings is 1. The number of nitrogens with zero attached hydrogens (tertiary/aromatic N) is 2. The molecule has 7 heteroatoms. The van der Waals surface area contributed by atoms with Crippen molar-refractivity contribution in [3.05, 3.63) is 72.0 Å². The van der Waals surface area contributed by atoms with Crippen LogP contribution < -0.4 is 5.43 Å². The lowest BCUT2D eigenvalue weighted by Crippen LogP contribution is -1.97. The molecule has 6 nitrogen and oxygen atoms in total. The van der Waals surface area contributed by atoms with Crippen LogP contribution in [-0.2, 0) is 0 Å². The van der Waals surface area contributed by atoms with Crippen molar-refractivity contribution in [3.63, 3.8) is 0 Å². The maximum absolute atomic E-state index is 11.1. The highest BCUT2D eigenvalue weighted by Gasteiger charge is 2.10. The smallest absolute Gasteiger partial charge is 0.335 e. The van der Waals surface area contributed by atoms with Crippen molar-refractivity contribution in [2.24, 2.45) is 5.10 Å². The highest BCUT2D eigenvalue weighted by molar-refractivity contribution is 7.22. The first-order valence-electron chi connectivity index (χ1n) is 8.20. The molecule has 0 aliphatic carbocycles. The average Bonchev–Trinajstić information content (AvgIpc) is 3.33. The topological polar surface area (TPSA) is 87.7 Å². The third kappa shape index (κ3) is 3.58. The molecule has 2 aromatic heterocycles. The van der Waals surface area contributed by atoms with Gasteiger partial charge in [0.2, 0.25) is 5.13 Å². The van der Waals surface area contributed by atoms with Gasteiger partial charge in [-0.05, 0) is 43.3 Å². The summed E-state index contributed by atoms with van der Waals surface area (Å²) in [6.07, 6.45) is 0. The molecule has 0 radical (unpaired) electrons. The van der Waals surface area contributed by atoms with Crippen molar-refractivity contribution >= 4 is 38.4 Å². The van der Waals surface area contributed by atoms with Crippen molar-refractivity contribution in [2.75, 3.05) is 5.43 Å². The van der Waals surface area contributed by atoms with Crippen LogP contribution in [0.4, 0.5) is 5.13 Å². The summed E-state index contributed by atoms with van der Waals surface area (Å²) >= 11 is 1.53. The predicted octanol–water partition coefficient (Wildman–Crippen LogP) is 5.09. The molecular weight excluding hydrogens is 362 g/mol. The fourth-order valence-electron chi connectivity index (χ4n) is 2.60. The monoisotopic (exact) mass is 377 g/mol. The molecule has 0 amide bonds. The molecule has 0 unspecified atom stereocenters. The Bertz CT molecular complexity index is 1130. The number of furan rings is 1. The molecule has 0 fully saturated rings. The number of anilines is 1. The van der Waals surface area contributed by atoms with Gasteiger partial charge in [-0.15, -0.1) is 0 Å². The number of carbonyl (C=O) groups is 1.